The Kier molecular flexibility index (Phi) is 6.21. The van der Waals surface area contributed by atoms with Gasteiger partial charge in [-0.2, -0.15) is 0 Å². The lowest BCUT2D eigenvalue weighted by molar-refractivity contribution is -0.133. The number of amides is 2. The smallest absolute Gasteiger partial charge is 0.255 e. The van der Waals surface area contributed by atoms with Crippen LogP contribution in [0.5, 0.6) is 0 Å². The second-order valence-electron chi connectivity index (χ2n) is 9.61. The van der Waals surface area contributed by atoms with Crippen LogP contribution in [0.1, 0.15) is 61.0 Å². The molecule has 1 aromatic heterocycles. The molecule has 2 aliphatic rings. The molecule has 0 N–H and O–H groups in total. The van der Waals surface area contributed by atoms with Crippen molar-refractivity contribution in [2.24, 2.45) is 7.05 Å². The first-order valence-electron chi connectivity index (χ1n) is 12.3. The Bertz CT molecular complexity index is 1140. The summed E-state index contributed by atoms with van der Waals surface area (Å²) in [5.41, 5.74) is 1.83. The maximum absolute atomic E-state index is 13.9. The van der Waals surface area contributed by atoms with Gasteiger partial charge >= 0.3 is 0 Å². The number of hydrogen-bond donors (Lipinski definition) is 0. The third kappa shape index (κ3) is 4.68. The van der Waals surface area contributed by atoms with E-state index in [2.05, 4.69) is 10.6 Å². The Morgan fingerprint density at radius 2 is 1.58 bits per heavy atom. The summed E-state index contributed by atoms with van der Waals surface area (Å²) in [6.07, 6.45) is 9.52. The molecule has 2 aromatic carbocycles. The van der Waals surface area contributed by atoms with Crippen molar-refractivity contribution < 1.29 is 9.59 Å². The largest absolute Gasteiger partial charge is 0.353 e. The molecule has 3 aromatic rings. The van der Waals surface area contributed by atoms with E-state index in [1.54, 1.807) is 0 Å². The van der Waals surface area contributed by atoms with Crippen molar-refractivity contribution in [3.05, 3.63) is 72.1 Å². The molecule has 5 rings (SSSR count). The number of benzene rings is 2. The van der Waals surface area contributed by atoms with E-state index < -0.39 is 0 Å². The molecule has 5 heteroatoms. The van der Waals surface area contributed by atoms with Crippen LogP contribution in [0.2, 0.25) is 0 Å². The normalized spacial score (nSPS) is 16.6. The van der Waals surface area contributed by atoms with Gasteiger partial charge < -0.3 is 14.4 Å². The lowest BCUT2D eigenvalue weighted by atomic mass is 9.93. The van der Waals surface area contributed by atoms with Gasteiger partial charge in [-0.25, -0.2) is 0 Å². The van der Waals surface area contributed by atoms with Gasteiger partial charge in [0.1, 0.15) is 6.54 Å². The predicted molar refractivity (Wildman–Crippen MR) is 131 cm³/mol. The molecule has 5 nitrogen and oxygen atoms in total. The molecule has 0 radical (unpaired) electrons. The molecule has 0 unspecified atom stereocenters. The van der Waals surface area contributed by atoms with E-state index >= 15 is 0 Å². The minimum Gasteiger partial charge on any atom is -0.353 e. The molecule has 1 heterocycles. The van der Waals surface area contributed by atoms with Crippen LogP contribution in [0.3, 0.4) is 0 Å². The van der Waals surface area contributed by atoms with Crippen molar-refractivity contribution in [1.82, 2.24) is 14.4 Å². The van der Waals surface area contributed by atoms with Crippen molar-refractivity contribution in [2.45, 2.75) is 63.6 Å². The van der Waals surface area contributed by atoms with Crippen LogP contribution in [0.15, 0.2) is 60.8 Å². The first-order chi connectivity index (χ1) is 16.1. The predicted octanol–water partition coefficient (Wildman–Crippen LogP) is 5.14. The highest BCUT2D eigenvalue weighted by molar-refractivity contribution is 6.08. The van der Waals surface area contributed by atoms with Crippen molar-refractivity contribution >= 4 is 22.6 Å². The lowest BCUT2D eigenvalue weighted by Gasteiger charge is -2.36. The zero-order chi connectivity index (χ0) is 22.8. The zero-order valence-electron chi connectivity index (χ0n) is 19.5. The van der Waals surface area contributed by atoms with E-state index in [-0.39, 0.29) is 24.4 Å². The number of fused-ring (bicyclic) bond motifs is 1. The number of carbonyl (C=O) groups is 2. The van der Waals surface area contributed by atoms with Gasteiger partial charge in [0, 0.05) is 36.6 Å². The van der Waals surface area contributed by atoms with E-state index in [1.807, 2.05) is 71.6 Å². The molecule has 0 bridgehead atoms. The number of hydrogen-bond acceptors (Lipinski definition) is 2. The highest BCUT2D eigenvalue weighted by Crippen LogP contribution is 2.30. The number of aryl methyl sites for hydroxylation is 1. The number of aromatic nitrogens is 1. The summed E-state index contributed by atoms with van der Waals surface area (Å²) in [6, 6.07) is 18.4. The molecular weight excluding hydrogens is 410 g/mol. The first-order valence-corrected chi connectivity index (χ1v) is 12.3. The fourth-order valence-corrected chi connectivity index (χ4v) is 5.21. The summed E-state index contributed by atoms with van der Waals surface area (Å²) in [4.78, 5) is 31.5. The molecule has 2 aliphatic carbocycles. The quantitative estimate of drug-likeness (QED) is 0.507. The summed E-state index contributed by atoms with van der Waals surface area (Å²) < 4.78 is 2.07. The zero-order valence-corrected chi connectivity index (χ0v) is 19.5. The van der Waals surface area contributed by atoms with Crippen LogP contribution in [-0.2, 0) is 18.4 Å². The first kappa shape index (κ1) is 21.7. The van der Waals surface area contributed by atoms with Crippen LogP contribution >= 0.6 is 0 Å². The maximum atomic E-state index is 13.9. The van der Waals surface area contributed by atoms with Crippen LogP contribution in [-0.4, -0.2) is 44.8 Å². The monoisotopic (exact) mass is 443 g/mol. The van der Waals surface area contributed by atoms with Gasteiger partial charge in [-0.1, -0.05) is 55.7 Å². The fourth-order valence-electron chi connectivity index (χ4n) is 5.21. The van der Waals surface area contributed by atoms with Crippen LogP contribution in [0, 0.1) is 0 Å². The van der Waals surface area contributed by atoms with Gasteiger partial charge in [0.05, 0.1) is 6.54 Å². The molecular formula is C28H33N3O2. The third-order valence-electron chi connectivity index (χ3n) is 7.29. The summed E-state index contributed by atoms with van der Waals surface area (Å²) in [6.45, 7) is 0.765. The maximum Gasteiger partial charge on any atom is 0.255 e. The fraction of sp³-hybridized carbons (Fsp3) is 0.429. The van der Waals surface area contributed by atoms with Crippen molar-refractivity contribution in [1.29, 1.82) is 0 Å². The van der Waals surface area contributed by atoms with Crippen LogP contribution in [0.25, 0.3) is 10.8 Å². The highest BCUT2D eigenvalue weighted by Gasteiger charge is 2.36. The van der Waals surface area contributed by atoms with Gasteiger partial charge in [0.15, 0.2) is 0 Å². The molecule has 0 spiro atoms. The summed E-state index contributed by atoms with van der Waals surface area (Å²) in [5.74, 6) is 0.0551. The van der Waals surface area contributed by atoms with Gasteiger partial charge in [0.2, 0.25) is 5.91 Å². The average molecular weight is 444 g/mol. The van der Waals surface area contributed by atoms with Crippen LogP contribution in [0.4, 0.5) is 0 Å². The molecule has 0 atom stereocenters. The van der Waals surface area contributed by atoms with Gasteiger partial charge in [0.25, 0.3) is 5.91 Å². The van der Waals surface area contributed by atoms with Crippen molar-refractivity contribution in [2.75, 3.05) is 6.54 Å². The second-order valence-corrected chi connectivity index (χ2v) is 9.61. The van der Waals surface area contributed by atoms with Crippen LogP contribution < -0.4 is 0 Å². The Morgan fingerprint density at radius 1 is 0.848 bits per heavy atom. The third-order valence-corrected chi connectivity index (χ3v) is 7.29. The molecule has 2 amide bonds. The number of carbonyl (C=O) groups excluding carboxylic acids is 2. The number of nitrogens with zero attached hydrogens (tertiary/aromatic N) is 3. The summed E-state index contributed by atoms with van der Waals surface area (Å²) >= 11 is 0. The Morgan fingerprint density at radius 3 is 2.30 bits per heavy atom. The van der Waals surface area contributed by atoms with Crippen molar-refractivity contribution in [3.8, 4) is 0 Å². The SMILES string of the molecule is Cn1cccc1CN(C(=O)CN(C(=O)c1cccc2ccccc12)C1CCCCC1)C1CC1. The highest BCUT2D eigenvalue weighted by atomic mass is 16.2. The van der Waals surface area contributed by atoms with Gasteiger partial charge in [-0.3, -0.25) is 9.59 Å². The van der Waals surface area contributed by atoms with Gasteiger partial charge in [-0.05, 0) is 54.7 Å². The molecule has 172 valence electrons. The summed E-state index contributed by atoms with van der Waals surface area (Å²) in [5, 5.41) is 2.02. The molecule has 0 saturated heterocycles. The van der Waals surface area contributed by atoms with E-state index in [9.17, 15) is 9.59 Å². The molecule has 0 aliphatic heterocycles. The Balaban J connectivity index is 1.43. The second kappa shape index (κ2) is 9.42. The molecule has 33 heavy (non-hydrogen) atoms. The van der Waals surface area contributed by atoms with E-state index in [0.29, 0.717) is 18.2 Å². The lowest BCUT2D eigenvalue weighted by Crippen LogP contribution is -2.48. The topological polar surface area (TPSA) is 45.6 Å². The van der Waals surface area contributed by atoms with Crippen molar-refractivity contribution in [3.63, 3.8) is 0 Å². The van der Waals surface area contributed by atoms with E-state index in [4.69, 9.17) is 0 Å². The average Bonchev–Trinajstić information content (AvgIpc) is 3.61. The minimum atomic E-state index is -0.0123. The minimum absolute atomic E-state index is 0.0123. The standard InChI is InChI=1S/C28H33N3O2/c1-29-18-8-13-24(29)19-30(23-16-17-23)27(32)20-31(22-11-3-2-4-12-22)28(33)26-15-7-10-21-9-5-6-14-25(21)26/h5-10,13-15,18,22-23H,2-4,11-12,16-17,19-20H2,1H3. The molecule has 2 fully saturated rings. The Labute approximate surface area is 196 Å². The van der Waals surface area contributed by atoms with E-state index in [0.717, 1.165) is 55.0 Å². The summed E-state index contributed by atoms with van der Waals surface area (Å²) in [7, 11) is 2.02. The Hall–Kier alpha value is -3.08. The molecule has 2 saturated carbocycles. The number of rotatable bonds is 7. The van der Waals surface area contributed by atoms with E-state index in [1.165, 1.54) is 6.42 Å². The van der Waals surface area contributed by atoms with Gasteiger partial charge in [-0.15, -0.1) is 0 Å².